The van der Waals surface area contributed by atoms with Gasteiger partial charge in [0.2, 0.25) is 0 Å². The van der Waals surface area contributed by atoms with E-state index in [0.29, 0.717) is 10.8 Å². The van der Waals surface area contributed by atoms with Crippen molar-refractivity contribution in [3.63, 3.8) is 0 Å². The van der Waals surface area contributed by atoms with E-state index in [2.05, 4.69) is 26.1 Å². The molecule has 3 fully saturated rings. The third-order valence-electron chi connectivity index (χ3n) is 5.78. The zero-order chi connectivity index (χ0) is 10.7. The first kappa shape index (κ1) is 10.1. The molecule has 3 saturated carbocycles. The van der Waals surface area contributed by atoms with Gasteiger partial charge < -0.3 is 5.32 Å². The van der Waals surface area contributed by atoms with Crippen molar-refractivity contribution in [1.82, 2.24) is 5.32 Å². The highest BCUT2D eigenvalue weighted by molar-refractivity contribution is 5.12. The van der Waals surface area contributed by atoms with E-state index in [0.717, 1.165) is 18.0 Å². The molecule has 0 aromatic heterocycles. The van der Waals surface area contributed by atoms with E-state index in [4.69, 9.17) is 0 Å². The van der Waals surface area contributed by atoms with Crippen LogP contribution in [0, 0.1) is 16.7 Å². The van der Waals surface area contributed by atoms with Crippen LogP contribution in [0.15, 0.2) is 0 Å². The van der Waals surface area contributed by atoms with E-state index in [1.165, 1.54) is 38.5 Å². The van der Waals surface area contributed by atoms with E-state index in [-0.39, 0.29) is 0 Å². The second-order valence-corrected chi connectivity index (χ2v) is 7.14. The van der Waals surface area contributed by atoms with Crippen molar-refractivity contribution in [3.8, 4) is 0 Å². The van der Waals surface area contributed by atoms with Crippen LogP contribution in [0.3, 0.4) is 0 Å². The molecule has 1 nitrogen and oxygen atoms in total. The lowest BCUT2D eigenvalue weighted by Gasteiger charge is -2.46. The van der Waals surface area contributed by atoms with E-state index in [1.807, 2.05) is 0 Å². The minimum Gasteiger partial charge on any atom is -0.310 e. The van der Waals surface area contributed by atoms with Gasteiger partial charge in [-0.15, -0.1) is 0 Å². The molecule has 3 unspecified atom stereocenters. The minimum atomic E-state index is 0.544. The molecule has 0 aromatic carbocycles. The molecule has 3 aliphatic rings. The van der Waals surface area contributed by atoms with E-state index in [9.17, 15) is 0 Å². The van der Waals surface area contributed by atoms with Gasteiger partial charge in [-0.1, -0.05) is 27.2 Å². The number of nitrogens with one attached hydrogen (secondary N) is 1. The molecule has 0 aliphatic heterocycles. The van der Waals surface area contributed by atoms with Crippen LogP contribution < -0.4 is 5.32 Å². The summed E-state index contributed by atoms with van der Waals surface area (Å²) in [6, 6.07) is 1.64. The summed E-state index contributed by atoms with van der Waals surface area (Å²) in [5.41, 5.74) is 1.16. The van der Waals surface area contributed by atoms with E-state index in [1.54, 1.807) is 0 Å². The molecule has 1 N–H and O–H groups in total. The number of rotatable bonds is 2. The highest BCUT2D eigenvalue weighted by atomic mass is 15.0. The van der Waals surface area contributed by atoms with Gasteiger partial charge in [-0.2, -0.15) is 0 Å². The van der Waals surface area contributed by atoms with Crippen LogP contribution in [-0.4, -0.2) is 12.1 Å². The minimum absolute atomic E-state index is 0.544. The fraction of sp³-hybridized carbons (Fsp3) is 1.00. The zero-order valence-corrected chi connectivity index (χ0v) is 10.5. The molecular formula is C14H25N. The van der Waals surface area contributed by atoms with Crippen molar-refractivity contribution < 1.29 is 0 Å². The third-order valence-corrected chi connectivity index (χ3v) is 5.78. The van der Waals surface area contributed by atoms with E-state index < -0.39 is 0 Å². The monoisotopic (exact) mass is 207 g/mol. The summed E-state index contributed by atoms with van der Waals surface area (Å²) in [6.07, 6.45) is 8.72. The molecule has 15 heavy (non-hydrogen) atoms. The summed E-state index contributed by atoms with van der Waals surface area (Å²) >= 11 is 0. The van der Waals surface area contributed by atoms with Crippen LogP contribution in [0.1, 0.15) is 59.3 Å². The summed E-state index contributed by atoms with van der Waals surface area (Å²) in [5.74, 6) is 0.986. The Hall–Kier alpha value is -0.0400. The Morgan fingerprint density at radius 2 is 1.80 bits per heavy atom. The summed E-state index contributed by atoms with van der Waals surface area (Å²) in [4.78, 5) is 0. The summed E-state index contributed by atoms with van der Waals surface area (Å²) in [6.45, 7) is 7.52. The van der Waals surface area contributed by atoms with Gasteiger partial charge >= 0.3 is 0 Å². The molecule has 3 rings (SSSR count). The first-order chi connectivity index (χ1) is 7.02. The van der Waals surface area contributed by atoms with Crippen LogP contribution in [0.25, 0.3) is 0 Å². The first-order valence-electron chi connectivity index (χ1n) is 6.78. The fourth-order valence-electron chi connectivity index (χ4n) is 4.53. The molecule has 3 aliphatic carbocycles. The van der Waals surface area contributed by atoms with Gasteiger partial charge in [-0.3, -0.25) is 0 Å². The van der Waals surface area contributed by atoms with Crippen LogP contribution >= 0.6 is 0 Å². The molecule has 1 heteroatoms. The third kappa shape index (κ3) is 1.32. The van der Waals surface area contributed by atoms with Crippen LogP contribution in [0.5, 0.6) is 0 Å². The normalized spacial score (nSPS) is 48.2. The predicted molar refractivity (Wildman–Crippen MR) is 63.8 cm³/mol. The highest BCUT2D eigenvalue weighted by Gasteiger charge is 2.59. The average Bonchev–Trinajstić information content (AvgIpc) is 2.52. The largest absolute Gasteiger partial charge is 0.310 e. The Morgan fingerprint density at radius 1 is 1.07 bits per heavy atom. The van der Waals surface area contributed by atoms with Gasteiger partial charge in [0.1, 0.15) is 0 Å². The smallest absolute Gasteiger partial charge is 0.0177 e. The van der Waals surface area contributed by atoms with Gasteiger partial charge in [-0.25, -0.2) is 0 Å². The molecule has 2 bridgehead atoms. The zero-order valence-electron chi connectivity index (χ0n) is 10.5. The maximum Gasteiger partial charge on any atom is 0.0177 e. The maximum atomic E-state index is 3.98. The van der Waals surface area contributed by atoms with Gasteiger partial charge in [0.15, 0.2) is 0 Å². The highest BCUT2D eigenvalue weighted by Crippen LogP contribution is 2.62. The van der Waals surface area contributed by atoms with E-state index >= 15 is 0 Å². The fourth-order valence-corrected chi connectivity index (χ4v) is 4.53. The quantitative estimate of drug-likeness (QED) is 0.732. The molecular weight excluding hydrogens is 182 g/mol. The lowest BCUT2D eigenvalue weighted by molar-refractivity contribution is 0.0861. The number of hydrogen-bond donors (Lipinski definition) is 1. The molecule has 0 saturated heterocycles. The summed E-state index contributed by atoms with van der Waals surface area (Å²) in [5, 5.41) is 3.98. The van der Waals surface area contributed by atoms with Gasteiger partial charge in [-0.05, 0) is 48.9 Å². The number of fused-ring (bicyclic) bond motifs is 2. The SMILES string of the molecule is CC12CCC(C1)C(C)(C)C2NC1CCC1. The maximum absolute atomic E-state index is 3.98. The Labute approximate surface area is 94.0 Å². The Bertz CT molecular complexity index is 262. The Balaban J connectivity index is 1.79. The lowest BCUT2D eigenvalue weighted by Crippen LogP contribution is -2.55. The molecule has 3 atom stereocenters. The van der Waals surface area contributed by atoms with Gasteiger partial charge in [0, 0.05) is 12.1 Å². The Kier molecular flexibility index (Phi) is 2.03. The predicted octanol–water partition coefficient (Wildman–Crippen LogP) is 3.34. The van der Waals surface area contributed by atoms with Crippen molar-refractivity contribution in [2.24, 2.45) is 16.7 Å². The van der Waals surface area contributed by atoms with Crippen molar-refractivity contribution >= 4 is 0 Å². The summed E-state index contributed by atoms with van der Waals surface area (Å²) < 4.78 is 0. The molecule has 0 heterocycles. The second kappa shape index (κ2) is 3.00. The molecule has 86 valence electrons. The lowest BCUT2D eigenvalue weighted by atomic mass is 9.67. The van der Waals surface area contributed by atoms with Gasteiger partial charge in [0.05, 0.1) is 0 Å². The molecule has 0 aromatic rings. The first-order valence-corrected chi connectivity index (χ1v) is 6.78. The molecule has 0 amide bonds. The van der Waals surface area contributed by atoms with Gasteiger partial charge in [0.25, 0.3) is 0 Å². The van der Waals surface area contributed by atoms with Crippen molar-refractivity contribution in [2.75, 3.05) is 0 Å². The van der Waals surface area contributed by atoms with Crippen LogP contribution in [0.2, 0.25) is 0 Å². The topological polar surface area (TPSA) is 12.0 Å². The van der Waals surface area contributed by atoms with Crippen molar-refractivity contribution in [3.05, 3.63) is 0 Å². The molecule has 0 spiro atoms. The number of hydrogen-bond acceptors (Lipinski definition) is 1. The van der Waals surface area contributed by atoms with Crippen molar-refractivity contribution in [1.29, 1.82) is 0 Å². The van der Waals surface area contributed by atoms with Crippen LogP contribution in [-0.2, 0) is 0 Å². The summed E-state index contributed by atoms with van der Waals surface area (Å²) in [7, 11) is 0. The van der Waals surface area contributed by atoms with Crippen molar-refractivity contribution in [2.45, 2.75) is 71.4 Å². The second-order valence-electron chi connectivity index (χ2n) is 7.14. The standard InChI is InChI=1S/C14H25N/c1-13(2)10-7-8-14(3,9-10)12(13)15-11-5-4-6-11/h10-12,15H,4-9H2,1-3H3. The molecule has 0 radical (unpaired) electrons. The average molecular weight is 207 g/mol. The van der Waals surface area contributed by atoms with Crippen LogP contribution in [0.4, 0.5) is 0 Å². The Morgan fingerprint density at radius 3 is 2.27 bits per heavy atom.